The van der Waals surface area contributed by atoms with Crippen molar-refractivity contribution in [1.29, 1.82) is 0 Å². The smallest absolute Gasteiger partial charge is 0.331 e. The summed E-state index contributed by atoms with van der Waals surface area (Å²) in [6, 6.07) is 3.75. The number of sulfonamides is 1. The third-order valence-electron chi connectivity index (χ3n) is 3.28. The average Bonchev–Trinajstić information content (AvgIpc) is 2.54. The first-order valence-corrected chi connectivity index (χ1v) is 8.26. The molecule has 0 saturated carbocycles. The molecular formula is C14H20N2O7S. The summed E-state index contributed by atoms with van der Waals surface area (Å²) in [5.74, 6) is -1.99. The average molecular weight is 360 g/mol. The monoisotopic (exact) mass is 360 g/mol. The molecule has 0 saturated heterocycles. The van der Waals surface area contributed by atoms with Crippen LogP contribution in [0.1, 0.15) is 17.3 Å². The van der Waals surface area contributed by atoms with Crippen molar-refractivity contribution in [2.75, 3.05) is 27.9 Å². The van der Waals surface area contributed by atoms with Crippen molar-refractivity contribution in [3.63, 3.8) is 0 Å². The summed E-state index contributed by atoms with van der Waals surface area (Å²) in [6.07, 6.45) is 0. The summed E-state index contributed by atoms with van der Waals surface area (Å²) in [5, 5.41) is 11.6. The predicted octanol–water partition coefficient (Wildman–Crippen LogP) is -0.177. The van der Waals surface area contributed by atoms with Gasteiger partial charge in [-0.1, -0.05) is 0 Å². The van der Waals surface area contributed by atoms with E-state index in [2.05, 4.69) is 10.0 Å². The fourth-order valence-corrected chi connectivity index (χ4v) is 2.82. The first-order valence-electron chi connectivity index (χ1n) is 6.77. The Bertz CT molecular complexity index is 733. The number of hydrogen-bond acceptors (Lipinski definition) is 6. The summed E-state index contributed by atoms with van der Waals surface area (Å²) >= 11 is 0. The molecule has 24 heavy (non-hydrogen) atoms. The molecule has 0 aromatic heterocycles. The topological polar surface area (TPSA) is 131 Å². The van der Waals surface area contributed by atoms with Gasteiger partial charge in [-0.3, -0.25) is 4.79 Å². The Morgan fingerprint density at radius 3 is 2.38 bits per heavy atom. The molecule has 0 fully saturated rings. The first-order chi connectivity index (χ1) is 11.1. The largest absolute Gasteiger partial charge is 0.495 e. The highest BCUT2D eigenvalue weighted by Gasteiger charge is 2.35. The molecule has 3 N–H and O–H groups in total. The van der Waals surface area contributed by atoms with Gasteiger partial charge in [0.1, 0.15) is 10.6 Å². The standard InChI is InChI=1S/C14H20N2O7S/c1-14(8-22-3,13(18)19)16-12(17)9-5-6-10(23-4)11(7-9)24(20,21)15-2/h5-7,15H,8H2,1-4H3,(H,16,17)(H,18,19). The number of aliphatic carboxylic acids is 1. The molecule has 0 aliphatic rings. The van der Waals surface area contributed by atoms with Gasteiger partial charge in [-0.2, -0.15) is 0 Å². The molecule has 1 aromatic carbocycles. The Balaban J connectivity index is 3.26. The van der Waals surface area contributed by atoms with Gasteiger partial charge in [0.05, 0.1) is 13.7 Å². The summed E-state index contributed by atoms with van der Waals surface area (Å²) in [6.45, 7) is 1.03. The van der Waals surface area contributed by atoms with Gasteiger partial charge >= 0.3 is 5.97 Å². The van der Waals surface area contributed by atoms with E-state index in [4.69, 9.17) is 9.47 Å². The van der Waals surface area contributed by atoms with Crippen molar-refractivity contribution in [2.45, 2.75) is 17.4 Å². The number of methoxy groups -OCH3 is 2. The van der Waals surface area contributed by atoms with E-state index in [-0.39, 0.29) is 22.8 Å². The fourth-order valence-electron chi connectivity index (χ4n) is 1.90. The van der Waals surface area contributed by atoms with Crippen LogP contribution in [-0.2, 0) is 19.6 Å². The van der Waals surface area contributed by atoms with E-state index in [0.717, 1.165) is 6.07 Å². The van der Waals surface area contributed by atoms with E-state index in [9.17, 15) is 23.1 Å². The highest BCUT2D eigenvalue weighted by Crippen LogP contribution is 2.25. The third-order valence-corrected chi connectivity index (χ3v) is 4.71. The zero-order chi connectivity index (χ0) is 18.5. The van der Waals surface area contributed by atoms with Crippen LogP contribution in [0, 0.1) is 0 Å². The van der Waals surface area contributed by atoms with Crippen molar-refractivity contribution in [3.05, 3.63) is 23.8 Å². The second-order valence-corrected chi connectivity index (χ2v) is 6.95. The Hall–Kier alpha value is -2.17. The van der Waals surface area contributed by atoms with Gasteiger partial charge in [0.25, 0.3) is 5.91 Å². The van der Waals surface area contributed by atoms with E-state index in [1.54, 1.807) is 0 Å². The third kappa shape index (κ3) is 4.22. The van der Waals surface area contributed by atoms with Gasteiger partial charge in [0.2, 0.25) is 10.0 Å². The molecule has 0 radical (unpaired) electrons. The number of benzene rings is 1. The minimum absolute atomic E-state index is 0.0341. The van der Waals surface area contributed by atoms with Crippen molar-refractivity contribution in [2.24, 2.45) is 0 Å². The lowest BCUT2D eigenvalue weighted by atomic mass is 10.0. The number of carbonyl (C=O) groups is 2. The van der Waals surface area contributed by atoms with Gasteiger partial charge in [0.15, 0.2) is 5.54 Å². The second-order valence-electron chi connectivity index (χ2n) is 5.10. The lowest BCUT2D eigenvalue weighted by molar-refractivity contribution is -0.145. The summed E-state index contributed by atoms with van der Waals surface area (Å²) in [5.41, 5.74) is -1.69. The normalized spacial score (nSPS) is 13.8. The van der Waals surface area contributed by atoms with Gasteiger partial charge in [-0.05, 0) is 32.2 Å². The zero-order valence-electron chi connectivity index (χ0n) is 13.7. The molecule has 10 heteroatoms. The molecular weight excluding hydrogens is 340 g/mol. The van der Waals surface area contributed by atoms with Crippen LogP contribution >= 0.6 is 0 Å². The summed E-state index contributed by atoms with van der Waals surface area (Å²) in [4.78, 5) is 23.4. The summed E-state index contributed by atoms with van der Waals surface area (Å²) < 4.78 is 36.0. The number of carboxylic acids is 1. The van der Waals surface area contributed by atoms with Crippen LogP contribution in [0.15, 0.2) is 23.1 Å². The molecule has 0 aliphatic carbocycles. The molecule has 0 aliphatic heterocycles. The minimum Gasteiger partial charge on any atom is -0.495 e. The second kappa shape index (κ2) is 7.60. The van der Waals surface area contributed by atoms with Crippen LogP contribution in [0.2, 0.25) is 0 Å². The number of amides is 1. The number of rotatable bonds is 8. The Morgan fingerprint density at radius 2 is 1.92 bits per heavy atom. The maximum absolute atomic E-state index is 12.3. The van der Waals surface area contributed by atoms with Crippen LogP contribution in [0.5, 0.6) is 5.75 Å². The lowest BCUT2D eigenvalue weighted by Gasteiger charge is -2.25. The van der Waals surface area contributed by atoms with Gasteiger partial charge in [-0.15, -0.1) is 0 Å². The van der Waals surface area contributed by atoms with Gasteiger partial charge in [0, 0.05) is 12.7 Å². The first kappa shape index (κ1) is 19.9. The van der Waals surface area contributed by atoms with Crippen molar-refractivity contribution < 1.29 is 32.6 Å². The molecule has 1 atom stereocenters. The van der Waals surface area contributed by atoms with Crippen LogP contribution in [0.4, 0.5) is 0 Å². The maximum atomic E-state index is 12.3. The quantitative estimate of drug-likeness (QED) is 0.586. The number of hydrogen-bond donors (Lipinski definition) is 3. The molecule has 1 unspecified atom stereocenters. The van der Waals surface area contributed by atoms with E-state index < -0.39 is 27.4 Å². The molecule has 1 rings (SSSR count). The Morgan fingerprint density at radius 1 is 1.29 bits per heavy atom. The van der Waals surface area contributed by atoms with Crippen LogP contribution in [0.25, 0.3) is 0 Å². The predicted molar refractivity (Wildman–Crippen MR) is 84.6 cm³/mol. The number of carboxylic acid groups (broad SMARTS) is 1. The van der Waals surface area contributed by atoms with E-state index >= 15 is 0 Å². The van der Waals surface area contributed by atoms with Crippen molar-refractivity contribution >= 4 is 21.9 Å². The van der Waals surface area contributed by atoms with Crippen LogP contribution in [-0.4, -0.2) is 58.8 Å². The van der Waals surface area contributed by atoms with Gasteiger partial charge < -0.3 is 19.9 Å². The molecule has 0 bridgehead atoms. The molecule has 0 spiro atoms. The van der Waals surface area contributed by atoms with E-state index in [1.807, 2.05) is 0 Å². The van der Waals surface area contributed by atoms with Gasteiger partial charge in [-0.25, -0.2) is 17.9 Å². The lowest BCUT2D eigenvalue weighted by Crippen LogP contribution is -2.55. The Kier molecular flexibility index (Phi) is 6.29. The van der Waals surface area contributed by atoms with Crippen LogP contribution in [0.3, 0.4) is 0 Å². The molecule has 134 valence electrons. The van der Waals surface area contributed by atoms with Crippen molar-refractivity contribution in [1.82, 2.24) is 10.0 Å². The van der Waals surface area contributed by atoms with E-state index in [0.29, 0.717) is 0 Å². The Labute approximate surface area is 140 Å². The summed E-state index contributed by atoms with van der Waals surface area (Å²) in [7, 11) is -0.0400. The number of ether oxygens (including phenoxy) is 2. The highest BCUT2D eigenvalue weighted by atomic mass is 32.2. The van der Waals surface area contributed by atoms with Crippen LogP contribution < -0.4 is 14.8 Å². The molecule has 9 nitrogen and oxygen atoms in total. The maximum Gasteiger partial charge on any atom is 0.331 e. The molecule has 0 heterocycles. The number of carbonyl (C=O) groups excluding carboxylic acids is 1. The van der Waals surface area contributed by atoms with Crippen molar-refractivity contribution in [3.8, 4) is 5.75 Å². The fraction of sp³-hybridized carbons (Fsp3) is 0.429. The minimum atomic E-state index is -3.86. The highest BCUT2D eigenvalue weighted by molar-refractivity contribution is 7.89. The molecule has 1 amide bonds. The zero-order valence-corrected chi connectivity index (χ0v) is 14.6. The van der Waals surface area contributed by atoms with E-state index in [1.165, 1.54) is 40.3 Å². The number of nitrogens with one attached hydrogen (secondary N) is 2. The SMILES string of the molecule is CNS(=O)(=O)c1cc(C(=O)NC(C)(COC)C(=O)O)ccc1OC. The molecule has 1 aromatic rings.